The van der Waals surface area contributed by atoms with Gasteiger partial charge in [0.05, 0.1) is 0 Å². The predicted octanol–water partition coefficient (Wildman–Crippen LogP) is 4.69. The Balaban J connectivity index is 3.85. The first-order chi connectivity index (χ1) is 13.0. The molecule has 0 fully saturated rings. The van der Waals surface area contributed by atoms with Gasteiger partial charge in [-0.05, 0) is 12.1 Å². The van der Waals surface area contributed by atoms with Crippen molar-refractivity contribution in [1.29, 1.82) is 0 Å². The van der Waals surface area contributed by atoms with E-state index in [-0.39, 0.29) is 5.19 Å². The molecule has 1 aromatic carbocycles. The second-order valence-corrected chi connectivity index (χ2v) is 10.9. The fourth-order valence-corrected chi connectivity index (χ4v) is 3.61. The number of carbonyl (C=O) groups is 1. The van der Waals surface area contributed by atoms with Gasteiger partial charge in [-0.1, -0.05) is 36.1 Å². The van der Waals surface area contributed by atoms with Gasteiger partial charge in [-0.15, -0.1) is 6.58 Å². The summed E-state index contributed by atoms with van der Waals surface area (Å²) in [5.41, 5.74) is -5.40. The largest absolute Gasteiger partial charge is 0.447 e. The Morgan fingerprint density at radius 1 is 1.07 bits per heavy atom. The van der Waals surface area contributed by atoms with Gasteiger partial charge in [0.2, 0.25) is 6.41 Å². The lowest BCUT2D eigenvalue weighted by atomic mass is 10.1. The number of ether oxygens (including phenoxy) is 1. The molecule has 1 rings (SSSR count). The molecule has 0 radical (unpaired) electrons. The number of hydrogen-bond donors (Lipinski definition) is 0. The van der Waals surface area contributed by atoms with E-state index in [1.54, 1.807) is 13.1 Å². The van der Waals surface area contributed by atoms with Crippen LogP contribution in [0, 0.1) is 0 Å². The number of amides is 1. The normalized spacial score (nSPS) is 13.9. The third-order valence-electron chi connectivity index (χ3n) is 4.04. The van der Waals surface area contributed by atoms with Crippen LogP contribution in [0.25, 0.3) is 0 Å². The molecule has 0 bridgehead atoms. The second kappa shape index (κ2) is 8.01. The van der Waals surface area contributed by atoms with Crippen LogP contribution in [0.1, 0.15) is 0 Å². The molecule has 0 N–H and O–H groups in total. The lowest BCUT2D eigenvalue weighted by Crippen LogP contribution is -2.71. The number of halogens is 9. The monoisotopic (exact) mass is 453 g/mol. The maximum atomic E-state index is 13.6. The Morgan fingerprint density at radius 3 is 1.97 bits per heavy atom. The molecule has 3 nitrogen and oxygen atoms in total. The number of rotatable bonds is 8. The van der Waals surface area contributed by atoms with Crippen molar-refractivity contribution < 1.29 is 49.0 Å². The molecule has 1 aromatic rings. The molecule has 164 valence electrons. The van der Waals surface area contributed by atoms with Crippen LogP contribution >= 0.6 is 0 Å². The van der Waals surface area contributed by atoms with Gasteiger partial charge in [-0.25, -0.2) is 4.39 Å². The Morgan fingerprint density at radius 2 is 1.59 bits per heavy atom. The van der Waals surface area contributed by atoms with Crippen molar-refractivity contribution in [2.24, 2.45) is 0 Å². The van der Waals surface area contributed by atoms with Crippen LogP contribution < -0.4 is 10.1 Å². The highest BCUT2D eigenvalue weighted by molar-refractivity contribution is 6.93. The standard InChI is InChI=1S/C16H16F9NO2Si/c1-4-29(2,3)12-7-5-6-11(8-12)26(10-27)14(15(20,21)22,16(23,24)25)28-13(18,19)9-17/h4-8,10H,1,9H2,2-3H3. The molecule has 0 saturated heterocycles. The van der Waals surface area contributed by atoms with E-state index in [1.165, 1.54) is 11.8 Å². The summed E-state index contributed by atoms with van der Waals surface area (Å²) >= 11 is 0. The summed E-state index contributed by atoms with van der Waals surface area (Å²) in [6.07, 6.45) is -19.6. The van der Waals surface area contributed by atoms with Gasteiger partial charge >= 0.3 is 24.2 Å². The summed E-state index contributed by atoms with van der Waals surface area (Å²) in [5, 5.41) is 0.257. The molecule has 0 unspecified atom stereocenters. The highest BCUT2D eigenvalue weighted by atomic mass is 28.3. The Bertz CT molecular complexity index is 733. The van der Waals surface area contributed by atoms with Crippen LogP contribution in [-0.4, -0.2) is 45.3 Å². The van der Waals surface area contributed by atoms with E-state index in [1.807, 2.05) is 0 Å². The van der Waals surface area contributed by atoms with E-state index in [4.69, 9.17) is 0 Å². The highest BCUT2D eigenvalue weighted by Crippen LogP contribution is 2.51. The van der Waals surface area contributed by atoms with E-state index in [2.05, 4.69) is 11.3 Å². The molecule has 29 heavy (non-hydrogen) atoms. The number of nitrogens with zero attached hydrogens (tertiary/aromatic N) is 1. The van der Waals surface area contributed by atoms with E-state index >= 15 is 0 Å². The predicted molar refractivity (Wildman–Crippen MR) is 89.1 cm³/mol. The molecule has 13 heteroatoms. The Labute approximate surface area is 160 Å². The SMILES string of the molecule is C=C[Si](C)(C)c1cccc(N(C=O)C(OC(F)(F)CF)(C(F)(F)F)C(F)(F)F)c1. The Hall–Kier alpha value is -2.02. The van der Waals surface area contributed by atoms with Crippen molar-refractivity contribution in [3.63, 3.8) is 0 Å². The molecule has 0 aliphatic carbocycles. The van der Waals surface area contributed by atoms with Gasteiger partial charge in [0.25, 0.3) is 0 Å². The lowest BCUT2D eigenvalue weighted by molar-refractivity contribution is -0.436. The van der Waals surface area contributed by atoms with Crippen molar-refractivity contribution in [3.8, 4) is 0 Å². The number of hydrogen-bond acceptors (Lipinski definition) is 2. The van der Waals surface area contributed by atoms with Crippen molar-refractivity contribution in [3.05, 3.63) is 36.5 Å². The van der Waals surface area contributed by atoms with E-state index in [0.717, 1.165) is 12.1 Å². The van der Waals surface area contributed by atoms with E-state index in [0.29, 0.717) is 6.07 Å². The maximum absolute atomic E-state index is 13.6. The summed E-state index contributed by atoms with van der Waals surface area (Å²) in [5.74, 6) is 0. The molecule has 0 aromatic heterocycles. The van der Waals surface area contributed by atoms with E-state index < -0.39 is 55.9 Å². The molecule has 0 heterocycles. The zero-order valence-electron chi connectivity index (χ0n) is 15.0. The molecular weight excluding hydrogens is 437 g/mol. The summed E-state index contributed by atoms with van der Waals surface area (Å²) in [4.78, 5) is 10.3. The molecular formula is C16H16F9NO2Si. The third kappa shape index (κ3) is 4.77. The molecule has 0 aliphatic heterocycles. The van der Waals surface area contributed by atoms with Gasteiger partial charge in [0.15, 0.2) is 6.67 Å². The summed E-state index contributed by atoms with van der Waals surface area (Å²) < 4.78 is 123. The molecule has 0 aliphatic rings. The van der Waals surface area contributed by atoms with E-state index in [9.17, 15) is 44.3 Å². The molecule has 0 spiro atoms. The van der Waals surface area contributed by atoms with Gasteiger partial charge in [-0.2, -0.15) is 35.1 Å². The molecule has 0 atom stereocenters. The first kappa shape index (κ1) is 25.0. The minimum Gasteiger partial charge on any atom is -0.278 e. The van der Waals surface area contributed by atoms with Crippen LogP contribution in [0.2, 0.25) is 13.1 Å². The summed E-state index contributed by atoms with van der Waals surface area (Å²) in [6, 6.07) is 3.91. The second-order valence-electron chi connectivity index (χ2n) is 6.46. The quantitative estimate of drug-likeness (QED) is 0.247. The first-order valence-corrected chi connectivity index (χ1v) is 10.8. The lowest BCUT2D eigenvalue weighted by Gasteiger charge is -2.44. The number of carbonyl (C=O) groups excluding carboxylic acids is 1. The van der Waals surface area contributed by atoms with Crippen molar-refractivity contribution in [2.45, 2.75) is 37.3 Å². The van der Waals surface area contributed by atoms with Gasteiger partial charge in [0, 0.05) is 5.69 Å². The van der Waals surface area contributed by atoms with Crippen LogP contribution in [0.4, 0.5) is 45.2 Å². The third-order valence-corrected chi connectivity index (χ3v) is 6.86. The van der Waals surface area contributed by atoms with Gasteiger partial charge < -0.3 is 0 Å². The minimum absolute atomic E-state index is 0.257. The van der Waals surface area contributed by atoms with Crippen molar-refractivity contribution in [2.75, 3.05) is 11.6 Å². The highest BCUT2D eigenvalue weighted by Gasteiger charge is 2.79. The number of alkyl halides is 9. The average Bonchev–Trinajstić information content (AvgIpc) is 2.59. The first-order valence-electron chi connectivity index (χ1n) is 7.75. The molecule has 1 amide bonds. The topological polar surface area (TPSA) is 29.5 Å². The number of anilines is 1. The zero-order valence-corrected chi connectivity index (χ0v) is 16.0. The van der Waals surface area contributed by atoms with Gasteiger partial charge in [-0.3, -0.25) is 14.4 Å². The van der Waals surface area contributed by atoms with Crippen LogP contribution in [0.3, 0.4) is 0 Å². The number of benzene rings is 1. The maximum Gasteiger partial charge on any atom is 0.447 e. The fourth-order valence-electron chi connectivity index (χ4n) is 2.33. The van der Waals surface area contributed by atoms with Crippen LogP contribution in [0.15, 0.2) is 36.5 Å². The van der Waals surface area contributed by atoms with Crippen LogP contribution in [0.5, 0.6) is 0 Å². The van der Waals surface area contributed by atoms with Crippen LogP contribution in [-0.2, 0) is 9.53 Å². The molecule has 0 saturated carbocycles. The average molecular weight is 453 g/mol. The summed E-state index contributed by atoms with van der Waals surface area (Å²) in [7, 11) is -2.54. The smallest absolute Gasteiger partial charge is 0.278 e. The fraction of sp³-hybridized carbons (Fsp3) is 0.438. The van der Waals surface area contributed by atoms with Crippen molar-refractivity contribution >= 4 is 25.4 Å². The minimum atomic E-state index is -6.61. The van der Waals surface area contributed by atoms with Gasteiger partial charge in [0.1, 0.15) is 8.07 Å². The summed E-state index contributed by atoms with van der Waals surface area (Å²) in [6.45, 7) is 3.86. The van der Waals surface area contributed by atoms with Crippen molar-refractivity contribution in [1.82, 2.24) is 0 Å². The Kier molecular flexibility index (Phi) is 6.91. The zero-order chi connectivity index (χ0) is 22.9.